The van der Waals surface area contributed by atoms with Gasteiger partial charge in [-0.05, 0) is 30.9 Å². The third-order valence-electron chi connectivity index (χ3n) is 4.80. The lowest BCUT2D eigenvalue weighted by atomic mass is 10.0. The number of hydrogen-bond donors (Lipinski definition) is 1. The minimum Gasteiger partial charge on any atom is -0.356 e. The Bertz CT molecular complexity index is 733. The van der Waals surface area contributed by atoms with Gasteiger partial charge in [-0.3, -0.25) is 0 Å². The minimum atomic E-state index is 0.546. The van der Waals surface area contributed by atoms with Crippen molar-refractivity contribution in [2.75, 3.05) is 13.1 Å². The number of aromatic nitrogens is 3. The Labute approximate surface area is 150 Å². The molecule has 0 saturated heterocycles. The van der Waals surface area contributed by atoms with Crippen molar-refractivity contribution in [3.63, 3.8) is 0 Å². The summed E-state index contributed by atoms with van der Waals surface area (Å²) in [6.45, 7) is 7.56. The van der Waals surface area contributed by atoms with E-state index in [4.69, 9.17) is 4.99 Å². The normalized spacial score (nSPS) is 14.5. The summed E-state index contributed by atoms with van der Waals surface area (Å²) < 4.78 is 2.00. The van der Waals surface area contributed by atoms with Crippen molar-refractivity contribution in [2.24, 2.45) is 12.0 Å². The van der Waals surface area contributed by atoms with Gasteiger partial charge in [0.15, 0.2) is 11.8 Å². The molecule has 134 valence electrons. The van der Waals surface area contributed by atoms with E-state index in [9.17, 15) is 0 Å². The molecule has 6 nitrogen and oxygen atoms in total. The second-order valence-electron chi connectivity index (χ2n) is 6.58. The molecule has 0 atom stereocenters. The Morgan fingerprint density at radius 3 is 2.76 bits per heavy atom. The summed E-state index contributed by atoms with van der Waals surface area (Å²) in [5, 5.41) is 11.9. The Hall–Kier alpha value is -2.37. The highest BCUT2D eigenvalue weighted by Gasteiger charge is 2.19. The van der Waals surface area contributed by atoms with Crippen LogP contribution in [0, 0.1) is 6.92 Å². The lowest BCUT2D eigenvalue weighted by Crippen LogP contribution is -2.44. The van der Waals surface area contributed by atoms with Gasteiger partial charge in [0, 0.05) is 26.7 Å². The standard InChI is InChI=1S/C19H28N6/c1-4-5-11-20-19(21-13-18-23-22-15(2)24(18)3)25-12-10-16-8-6-7-9-17(16)14-25/h6-9H,4-5,10-14H2,1-3H3,(H,20,21). The molecule has 0 radical (unpaired) electrons. The van der Waals surface area contributed by atoms with Crippen LogP contribution in [0.1, 0.15) is 42.5 Å². The van der Waals surface area contributed by atoms with E-state index in [0.29, 0.717) is 6.54 Å². The summed E-state index contributed by atoms with van der Waals surface area (Å²) in [5.74, 6) is 2.78. The highest BCUT2D eigenvalue weighted by molar-refractivity contribution is 5.80. The first-order chi connectivity index (χ1) is 12.2. The third-order valence-corrected chi connectivity index (χ3v) is 4.80. The fourth-order valence-electron chi connectivity index (χ4n) is 3.06. The van der Waals surface area contributed by atoms with Crippen molar-refractivity contribution >= 4 is 5.96 Å². The Morgan fingerprint density at radius 2 is 2.04 bits per heavy atom. The van der Waals surface area contributed by atoms with Crippen molar-refractivity contribution in [1.82, 2.24) is 25.0 Å². The number of nitrogens with one attached hydrogen (secondary N) is 1. The van der Waals surface area contributed by atoms with Crippen molar-refractivity contribution in [3.8, 4) is 0 Å². The first-order valence-corrected chi connectivity index (χ1v) is 9.14. The van der Waals surface area contributed by atoms with E-state index in [2.05, 4.69) is 51.6 Å². The molecule has 0 spiro atoms. The van der Waals surface area contributed by atoms with Gasteiger partial charge in [0.2, 0.25) is 0 Å². The van der Waals surface area contributed by atoms with E-state index >= 15 is 0 Å². The summed E-state index contributed by atoms with van der Waals surface area (Å²) in [4.78, 5) is 7.19. The van der Waals surface area contributed by atoms with Crippen LogP contribution < -0.4 is 5.32 Å². The lowest BCUT2D eigenvalue weighted by Gasteiger charge is -2.32. The minimum absolute atomic E-state index is 0.546. The summed E-state index contributed by atoms with van der Waals surface area (Å²) in [6, 6.07) is 8.69. The number of hydrogen-bond acceptors (Lipinski definition) is 3. The van der Waals surface area contributed by atoms with Crippen LogP contribution in [0.2, 0.25) is 0 Å². The van der Waals surface area contributed by atoms with Crippen molar-refractivity contribution in [3.05, 3.63) is 47.0 Å². The molecule has 2 heterocycles. The topological polar surface area (TPSA) is 58.3 Å². The molecule has 0 saturated carbocycles. The maximum atomic E-state index is 4.84. The molecule has 0 amide bonds. The molecule has 1 aromatic heterocycles. The molecule has 1 aliphatic heterocycles. The zero-order valence-corrected chi connectivity index (χ0v) is 15.5. The molecule has 0 fully saturated rings. The first kappa shape index (κ1) is 17.5. The van der Waals surface area contributed by atoms with Crippen LogP contribution >= 0.6 is 0 Å². The number of fused-ring (bicyclic) bond motifs is 1. The number of nitrogens with zero attached hydrogens (tertiary/aromatic N) is 5. The van der Waals surface area contributed by atoms with E-state index in [1.165, 1.54) is 17.5 Å². The number of unbranched alkanes of at least 4 members (excludes halogenated alkanes) is 1. The van der Waals surface area contributed by atoms with E-state index in [0.717, 1.165) is 50.1 Å². The molecule has 0 aliphatic carbocycles. The predicted octanol–water partition coefficient (Wildman–Crippen LogP) is 2.43. The van der Waals surface area contributed by atoms with Gasteiger partial charge in [-0.15, -0.1) is 10.2 Å². The van der Waals surface area contributed by atoms with Crippen LogP contribution in [0.5, 0.6) is 0 Å². The summed E-state index contributed by atoms with van der Waals surface area (Å²) in [5.41, 5.74) is 2.85. The number of aryl methyl sites for hydroxylation is 1. The third kappa shape index (κ3) is 4.18. The number of rotatable bonds is 5. The molecule has 2 aromatic rings. The maximum absolute atomic E-state index is 4.84. The molecular weight excluding hydrogens is 312 g/mol. The molecule has 1 aromatic carbocycles. The van der Waals surface area contributed by atoms with Crippen molar-refractivity contribution in [1.29, 1.82) is 0 Å². The van der Waals surface area contributed by atoms with Gasteiger partial charge >= 0.3 is 0 Å². The summed E-state index contributed by atoms with van der Waals surface area (Å²) >= 11 is 0. The van der Waals surface area contributed by atoms with Crippen molar-refractivity contribution in [2.45, 2.75) is 46.2 Å². The fourth-order valence-corrected chi connectivity index (χ4v) is 3.06. The van der Waals surface area contributed by atoms with Gasteiger partial charge in [0.1, 0.15) is 12.4 Å². The number of aliphatic imine (C=N–C) groups is 1. The van der Waals surface area contributed by atoms with Crippen LogP contribution in [0.3, 0.4) is 0 Å². The van der Waals surface area contributed by atoms with Crippen molar-refractivity contribution < 1.29 is 0 Å². The van der Waals surface area contributed by atoms with Crippen LogP contribution in [0.15, 0.2) is 29.3 Å². The van der Waals surface area contributed by atoms with Gasteiger partial charge in [-0.25, -0.2) is 4.99 Å². The first-order valence-electron chi connectivity index (χ1n) is 9.14. The quantitative estimate of drug-likeness (QED) is 0.516. The zero-order chi connectivity index (χ0) is 17.6. The average molecular weight is 340 g/mol. The summed E-state index contributed by atoms with van der Waals surface area (Å²) in [7, 11) is 1.99. The highest BCUT2D eigenvalue weighted by Crippen LogP contribution is 2.18. The molecule has 6 heteroatoms. The lowest BCUT2D eigenvalue weighted by molar-refractivity contribution is 0.377. The van der Waals surface area contributed by atoms with E-state index in [1.807, 2.05) is 18.5 Å². The monoisotopic (exact) mass is 340 g/mol. The summed E-state index contributed by atoms with van der Waals surface area (Å²) in [6.07, 6.45) is 3.38. The maximum Gasteiger partial charge on any atom is 0.194 e. The predicted molar refractivity (Wildman–Crippen MR) is 100 cm³/mol. The molecule has 0 unspecified atom stereocenters. The largest absolute Gasteiger partial charge is 0.356 e. The second-order valence-corrected chi connectivity index (χ2v) is 6.58. The number of benzene rings is 1. The van der Waals surface area contributed by atoms with Crippen LogP contribution in [-0.2, 0) is 26.6 Å². The zero-order valence-electron chi connectivity index (χ0n) is 15.5. The average Bonchev–Trinajstić information content (AvgIpc) is 2.96. The molecule has 25 heavy (non-hydrogen) atoms. The van der Waals surface area contributed by atoms with Gasteiger partial charge in [0.25, 0.3) is 0 Å². The van der Waals surface area contributed by atoms with Gasteiger partial charge in [0.05, 0.1) is 0 Å². The Morgan fingerprint density at radius 1 is 1.24 bits per heavy atom. The van der Waals surface area contributed by atoms with E-state index in [-0.39, 0.29) is 0 Å². The molecule has 0 bridgehead atoms. The molecule has 3 rings (SSSR count). The fraction of sp³-hybridized carbons (Fsp3) is 0.526. The Kier molecular flexibility index (Phi) is 5.68. The van der Waals surface area contributed by atoms with Gasteiger partial charge < -0.3 is 14.8 Å². The molecule has 1 aliphatic rings. The van der Waals surface area contributed by atoms with Crippen LogP contribution in [0.25, 0.3) is 0 Å². The molecule has 1 N–H and O–H groups in total. The van der Waals surface area contributed by atoms with Crippen LogP contribution in [0.4, 0.5) is 0 Å². The van der Waals surface area contributed by atoms with Gasteiger partial charge in [-0.1, -0.05) is 37.6 Å². The molecular formula is C19H28N6. The van der Waals surface area contributed by atoms with E-state index in [1.54, 1.807) is 0 Å². The van der Waals surface area contributed by atoms with Gasteiger partial charge in [-0.2, -0.15) is 0 Å². The number of guanidine groups is 1. The van der Waals surface area contributed by atoms with Crippen LogP contribution in [-0.4, -0.2) is 38.7 Å². The SMILES string of the molecule is CCCCNC(=NCc1nnc(C)n1C)N1CCc2ccccc2C1. The highest BCUT2D eigenvalue weighted by atomic mass is 15.3. The Balaban J connectivity index is 1.75. The smallest absolute Gasteiger partial charge is 0.194 e. The second kappa shape index (κ2) is 8.14. The van der Waals surface area contributed by atoms with E-state index < -0.39 is 0 Å².